The van der Waals surface area contributed by atoms with Crippen LogP contribution in [-0.4, -0.2) is 40.9 Å². The summed E-state index contributed by atoms with van der Waals surface area (Å²) in [4.78, 5) is 41.3. The molecule has 2 saturated heterocycles. The summed E-state index contributed by atoms with van der Waals surface area (Å²) in [5, 5.41) is 6.51. The van der Waals surface area contributed by atoms with Crippen molar-refractivity contribution in [2.24, 2.45) is 16.9 Å². The SMILES string of the molecule is O=C(c1ccccc1)C1C2C(=O)N(c3ccc(Cl)cc3Cl)C(=O)C2C2C=CC=NN21. The first-order valence-corrected chi connectivity index (χ1v) is 10.2. The molecule has 8 heteroatoms. The van der Waals surface area contributed by atoms with Crippen LogP contribution in [0, 0.1) is 11.8 Å². The van der Waals surface area contributed by atoms with Gasteiger partial charge in [0.1, 0.15) is 6.04 Å². The normalized spacial score (nSPS) is 26.9. The zero-order valence-corrected chi connectivity index (χ0v) is 17.0. The Hall–Kier alpha value is -2.96. The smallest absolute Gasteiger partial charge is 0.240 e. The van der Waals surface area contributed by atoms with E-state index in [1.807, 2.05) is 6.07 Å². The molecule has 0 spiro atoms. The lowest BCUT2D eigenvalue weighted by Gasteiger charge is -2.30. The Labute approximate surface area is 182 Å². The number of allylic oxidation sites excluding steroid dienone is 1. The molecule has 6 nitrogen and oxygen atoms in total. The Bertz CT molecular complexity index is 1130. The molecule has 0 N–H and O–H groups in total. The molecule has 3 heterocycles. The fraction of sp³-hybridized carbons (Fsp3) is 0.182. The summed E-state index contributed by atoms with van der Waals surface area (Å²) in [5.41, 5.74) is 0.737. The molecule has 150 valence electrons. The van der Waals surface area contributed by atoms with Crippen molar-refractivity contribution in [2.75, 3.05) is 4.90 Å². The van der Waals surface area contributed by atoms with Crippen molar-refractivity contribution in [1.82, 2.24) is 5.01 Å². The third kappa shape index (κ3) is 2.71. The first kappa shape index (κ1) is 19.0. The van der Waals surface area contributed by atoms with Gasteiger partial charge in [-0.1, -0.05) is 59.6 Å². The topological polar surface area (TPSA) is 70.0 Å². The number of anilines is 1. The van der Waals surface area contributed by atoms with Gasteiger partial charge in [0.05, 0.1) is 28.6 Å². The summed E-state index contributed by atoms with van der Waals surface area (Å²) in [6.45, 7) is 0. The predicted molar refractivity (Wildman–Crippen MR) is 114 cm³/mol. The highest BCUT2D eigenvalue weighted by molar-refractivity contribution is 6.38. The lowest BCUT2D eigenvalue weighted by molar-refractivity contribution is -0.123. The highest BCUT2D eigenvalue weighted by Crippen LogP contribution is 2.47. The quantitative estimate of drug-likeness (QED) is 0.541. The summed E-state index contributed by atoms with van der Waals surface area (Å²) in [6.07, 6.45) is 5.09. The number of nitrogens with zero attached hydrogens (tertiary/aromatic N) is 3. The van der Waals surface area contributed by atoms with Crippen molar-refractivity contribution >= 4 is 52.7 Å². The predicted octanol–water partition coefficient (Wildman–Crippen LogP) is 3.59. The average molecular weight is 440 g/mol. The van der Waals surface area contributed by atoms with E-state index >= 15 is 0 Å². The van der Waals surface area contributed by atoms with Crippen LogP contribution in [0.3, 0.4) is 0 Å². The minimum absolute atomic E-state index is 0.198. The van der Waals surface area contributed by atoms with Gasteiger partial charge in [-0.2, -0.15) is 5.10 Å². The van der Waals surface area contributed by atoms with Gasteiger partial charge in [0.25, 0.3) is 0 Å². The number of imide groups is 1. The number of fused-ring (bicyclic) bond motifs is 3. The number of hydrogen-bond donors (Lipinski definition) is 0. The van der Waals surface area contributed by atoms with E-state index in [9.17, 15) is 14.4 Å². The van der Waals surface area contributed by atoms with Crippen LogP contribution >= 0.6 is 23.2 Å². The van der Waals surface area contributed by atoms with E-state index < -0.39 is 35.7 Å². The Balaban J connectivity index is 1.60. The zero-order chi connectivity index (χ0) is 21.0. The minimum Gasteiger partial charge on any atom is -0.292 e. The number of carbonyl (C=O) groups excluding carboxylic acids is 3. The molecule has 2 aromatic rings. The van der Waals surface area contributed by atoms with Crippen molar-refractivity contribution in [3.63, 3.8) is 0 Å². The number of hydrazone groups is 1. The molecule has 2 fully saturated rings. The van der Waals surface area contributed by atoms with Crippen LogP contribution in [0.5, 0.6) is 0 Å². The molecule has 0 bridgehead atoms. The van der Waals surface area contributed by atoms with Crippen molar-refractivity contribution in [3.8, 4) is 0 Å². The standard InChI is InChI=1S/C22H15Cl2N3O3/c23-13-8-9-15(14(24)11-13)26-21(29)17-16-7-4-10-25-27(16)19(18(17)22(26)30)20(28)12-5-2-1-3-6-12/h1-11,16-19H. The van der Waals surface area contributed by atoms with Crippen LogP contribution in [0.4, 0.5) is 5.69 Å². The third-order valence-corrected chi connectivity index (χ3v) is 6.31. The molecule has 30 heavy (non-hydrogen) atoms. The molecule has 0 radical (unpaired) electrons. The third-order valence-electron chi connectivity index (χ3n) is 5.77. The number of rotatable bonds is 3. The number of Topliss-reactive ketones (excluding diaryl/α,β-unsaturated/α-hetero) is 1. The molecular formula is C22H15Cl2N3O3. The number of hydrogen-bond acceptors (Lipinski definition) is 5. The van der Waals surface area contributed by atoms with Crippen molar-refractivity contribution < 1.29 is 14.4 Å². The average Bonchev–Trinajstić information content (AvgIpc) is 3.22. The highest BCUT2D eigenvalue weighted by atomic mass is 35.5. The lowest BCUT2D eigenvalue weighted by Crippen LogP contribution is -2.46. The molecule has 4 atom stereocenters. The van der Waals surface area contributed by atoms with E-state index in [0.717, 1.165) is 4.90 Å². The molecule has 0 aliphatic carbocycles. The Kier molecular flexibility index (Phi) is 4.49. The van der Waals surface area contributed by atoms with Crippen LogP contribution < -0.4 is 4.90 Å². The lowest BCUT2D eigenvalue weighted by atomic mass is 9.86. The van der Waals surface area contributed by atoms with Crippen molar-refractivity contribution in [2.45, 2.75) is 12.1 Å². The maximum Gasteiger partial charge on any atom is 0.240 e. The Morgan fingerprint density at radius 3 is 2.43 bits per heavy atom. The van der Waals surface area contributed by atoms with Crippen LogP contribution in [0.25, 0.3) is 0 Å². The van der Waals surface area contributed by atoms with Crippen molar-refractivity contribution in [3.05, 3.63) is 76.3 Å². The number of amides is 2. The van der Waals surface area contributed by atoms with E-state index in [1.54, 1.807) is 59.8 Å². The second-order valence-corrected chi connectivity index (χ2v) is 8.20. The number of halogens is 2. The van der Waals surface area contributed by atoms with Crippen LogP contribution in [0.1, 0.15) is 10.4 Å². The van der Waals surface area contributed by atoms with Crippen LogP contribution in [-0.2, 0) is 9.59 Å². The fourth-order valence-corrected chi connectivity index (χ4v) is 5.00. The van der Waals surface area contributed by atoms with E-state index in [4.69, 9.17) is 23.2 Å². The van der Waals surface area contributed by atoms with E-state index in [0.29, 0.717) is 10.6 Å². The number of ketones is 1. The molecule has 0 saturated carbocycles. The molecular weight excluding hydrogens is 425 g/mol. The largest absolute Gasteiger partial charge is 0.292 e. The Morgan fingerprint density at radius 2 is 1.70 bits per heavy atom. The van der Waals surface area contributed by atoms with Gasteiger partial charge in [-0.05, 0) is 24.3 Å². The van der Waals surface area contributed by atoms with Gasteiger partial charge in [-0.15, -0.1) is 0 Å². The molecule has 0 aromatic heterocycles. The second-order valence-electron chi connectivity index (χ2n) is 7.35. The van der Waals surface area contributed by atoms with Crippen LogP contribution in [0.2, 0.25) is 10.0 Å². The fourth-order valence-electron chi connectivity index (χ4n) is 4.51. The van der Waals surface area contributed by atoms with Gasteiger partial charge in [0.2, 0.25) is 11.8 Å². The molecule has 3 aliphatic heterocycles. The van der Waals surface area contributed by atoms with Gasteiger partial charge in [0, 0.05) is 16.8 Å². The Morgan fingerprint density at radius 1 is 0.967 bits per heavy atom. The van der Waals surface area contributed by atoms with Crippen molar-refractivity contribution in [1.29, 1.82) is 0 Å². The zero-order valence-electron chi connectivity index (χ0n) is 15.5. The maximum atomic E-state index is 13.5. The molecule has 3 aliphatic rings. The maximum absolute atomic E-state index is 13.5. The van der Waals surface area contributed by atoms with Gasteiger partial charge in [-0.3, -0.25) is 19.4 Å². The van der Waals surface area contributed by atoms with Gasteiger partial charge >= 0.3 is 0 Å². The summed E-state index contributed by atoms with van der Waals surface area (Å²) in [5.74, 6) is -2.68. The minimum atomic E-state index is -0.879. The molecule has 4 unspecified atom stereocenters. The van der Waals surface area contributed by atoms with E-state index in [1.165, 1.54) is 6.07 Å². The van der Waals surface area contributed by atoms with E-state index in [2.05, 4.69) is 5.10 Å². The molecule has 2 amide bonds. The molecule has 2 aromatic carbocycles. The summed E-state index contributed by atoms with van der Waals surface area (Å²) in [7, 11) is 0. The van der Waals surface area contributed by atoms with Gasteiger partial charge in [0.15, 0.2) is 5.78 Å². The highest BCUT2D eigenvalue weighted by Gasteiger charge is 2.64. The number of carbonyl (C=O) groups is 3. The summed E-state index contributed by atoms with van der Waals surface area (Å²) < 4.78 is 0. The summed E-state index contributed by atoms with van der Waals surface area (Å²) >= 11 is 12.3. The monoisotopic (exact) mass is 439 g/mol. The van der Waals surface area contributed by atoms with E-state index in [-0.39, 0.29) is 16.5 Å². The first-order valence-electron chi connectivity index (χ1n) is 9.40. The second kappa shape index (κ2) is 7.07. The number of benzene rings is 2. The summed E-state index contributed by atoms with van der Waals surface area (Å²) in [6, 6.07) is 12.0. The van der Waals surface area contributed by atoms with Gasteiger partial charge in [-0.25, -0.2) is 4.90 Å². The molecule has 5 rings (SSSR count). The van der Waals surface area contributed by atoms with Crippen LogP contribution in [0.15, 0.2) is 65.8 Å². The first-order chi connectivity index (χ1) is 14.5. The van der Waals surface area contributed by atoms with Gasteiger partial charge < -0.3 is 0 Å².